The number of nitrogens with zero attached hydrogens (tertiary/aromatic N) is 1. The zero-order valence-corrected chi connectivity index (χ0v) is 24.0. The molecule has 0 aliphatic carbocycles. The molecule has 0 saturated carbocycles. The Labute approximate surface area is 219 Å². The molecule has 0 fully saturated rings. The van der Waals surface area contributed by atoms with E-state index >= 15 is 0 Å². The molecule has 2 rings (SSSR count). The lowest BCUT2D eigenvalue weighted by Gasteiger charge is -2.38. The standard InChI is InChI=1S/C27H34F3NO4SSi/c1-8-23(34-37(6,7)26(3,4)5)11-9-10-21-14-16-22(17-15-21)25(27(28,29)30)31-35-36(32,33)24-18-12-20(2)13-19-24/h12-19,23H,8,11H2,1-7H3/t23-/m1/s1. The van der Waals surface area contributed by atoms with Crippen molar-refractivity contribution in [1.82, 2.24) is 0 Å². The summed E-state index contributed by atoms with van der Waals surface area (Å²) < 4.78 is 76.3. The third kappa shape index (κ3) is 8.73. The van der Waals surface area contributed by atoms with E-state index < -0.39 is 30.3 Å². The van der Waals surface area contributed by atoms with E-state index in [2.05, 4.69) is 55.1 Å². The maximum absolute atomic E-state index is 13.6. The van der Waals surface area contributed by atoms with E-state index in [1.54, 1.807) is 6.92 Å². The van der Waals surface area contributed by atoms with Crippen LogP contribution in [0.15, 0.2) is 58.6 Å². The topological polar surface area (TPSA) is 65.0 Å². The minimum atomic E-state index is -4.94. The van der Waals surface area contributed by atoms with Crippen molar-refractivity contribution in [2.24, 2.45) is 5.16 Å². The van der Waals surface area contributed by atoms with Gasteiger partial charge >= 0.3 is 16.3 Å². The molecule has 1 atom stereocenters. The Morgan fingerprint density at radius 2 is 1.59 bits per heavy atom. The van der Waals surface area contributed by atoms with Gasteiger partial charge < -0.3 is 4.43 Å². The number of oxime groups is 1. The minimum Gasteiger partial charge on any atom is -0.413 e. The summed E-state index contributed by atoms with van der Waals surface area (Å²) in [6, 6.07) is 10.7. The van der Waals surface area contributed by atoms with Crippen LogP contribution in [-0.4, -0.2) is 34.7 Å². The van der Waals surface area contributed by atoms with Crippen LogP contribution in [0.3, 0.4) is 0 Å². The summed E-state index contributed by atoms with van der Waals surface area (Å²) in [6.07, 6.45) is -3.66. The Kier molecular flexibility index (Phi) is 9.79. The second-order valence-electron chi connectivity index (χ2n) is 10.3. The zero-order valence-electron chi connectivity index (χ0n) is 22.2. The van der Waals surface area contributed by atoms with Crippen LogP contribution in [0.4, 0.5) is 13.2 Å². The fourth-order valence-corrected chi connectivity index (χ4v) is 5.11. The van der Waals surface area contributed by atoms with Crippen molar-refractivity contribution >= 4 is 24.1 Å². The van der Waals surface area contributed by atoms with Gasteiger partial charge in [-0.25, -0.2) is 0 Å². The first kappa shape index (κ1) is 30.6. The molecule has 5 nitrogen and oxygen atoms in total. The van der Waals surface area contributed by atoms with E-state index in [0.29, 0.717) is 12.0 Å². The molecule has 0 radical (unpaired) electrons. The van der Waals surface area contributed by atoms with E-state index in [9.17, 15) is 21.6 Å². The Hall–Kier alpha value is -2.61. The SMILES string of the molecule is CC[C@H](CC#Cc1ccc(C(=NOS(=O)(=O)c2ccc(C)cc2)C(F)(F)F)cc1)O[Si](C)(C)C(C)(C)C. The molecule has 0 heterocycles. The van der Waals surface area contributed by atoms with Gasteiger partial charge in [0.1, 0.15) is 4.90 Å². The Bertz CT molecular complexity index is 1250. The lowest BCUT2D eigenvalue weighted by molar-refractivity contribution is -0.0597. The first-order chi connectivity index (χ1) is 17.0. The summed E-state index contributed by atoms with van der Waals surface area (Å²) in [7, 11) is -6.46. The van der Waals surface area contributed by atoms with Crippen molar-refractivity contribution in [2.75, 3.05) is 0 Å². The van der Waals surface area contributed by atoms with Crippen LogP contribution >= 0.6 is 0 Å². The number of alkyl halides is 3. The Morgan fingerprint density at radius 1 is 1.03 bits per heavy atom. The summed E-state index contributed by atoms with van der Waals surface area (Å²) in [6.45, 7) is 14.6. The third-order valence-corrected chi connectivity index (χ3v) is 11.9. The summed E-state index contributed by atoms with van der Waals surface area (Å²) in [4.78, 5) is -0.295. The van der Waals surface area contributed by atoms with Gasteiger partial charge in [0.15, 0.2) is 14.0 Å². The second-order valence-corrected chi connectivity index (χ2v) is 16.6. The van der Waals surface area contributed by atoms with Crippen LogP contribution in [0.25, 0.3) is 0 Å². The van der Waals surface area contributed by atoms with Crippen molar-refractivity contribution in [3.8, 4) is 11.8 Å². The van der Waals surface area contributed by atoms with E-state index in [1.807, 2.05) is 6.92 Å². The summed E-state index contributed by atoms with van der Waals surface area (Å²) in [5.41, 5.74) is -0.503. The number of halogens is 3. The quantitative estimate of drug-likeness (QED) is 0.150. The van der Waals surface area contributed by atoms with Gasteiger partial charge in [-0.1, -0.05) is 74.5 Å². The maximum atomic E-state index is 13.6. The number of benzene rings is 2. The Morgan fingerprint density at radius 3 is 2.08 bits per heavy atom. The van der Waals surface area contributed by atoms with Gasteiger partial charge in [0.05, 0.1) is 6.10 Å². The van der Waals surface area contributed by atoms with Gasteiger partial charge in [0, 0.05) is 17.5 Å². The lowest BCUT2D eigenvalue weighted by Crippen LogP contribution is -2.43. The minimum absolute atomic E-state index is 0.0238. The van der Waals surface area contributed by atoms with Crippen molar-refractivity contribution in [3.63, 3.8) is 0 Å². The van der Waals surface area contributed by atoms with Gasteiger partial charge in [-0.15, -0.1) is 0 Å². The number of hydrogen-bond donors (Lipinski definition) is 0. The third-order valence-electron chi connectivity index (χ3n) is 6.25. The lowest BCUT2D eigenvalue weighted by atomic mass is 10.1. The average molecular weight is 554 g/mol. The first-order valence-electron chi connectivity index (χ1n) is 11.9. The molecule has 0 aromatic heterocycles. The van der Waals surface area contributed by atoms with Crippen molar-refractivity contribution in [1.29, 1.82) is 0 Å². The molecule has 37 heavy (non-hydrogen) atoms. The molecular weight excluding hydrogens is 519 g/mol. The van der Waals surface area contributed by atoms with E-state index in [4.69, 9.17) is 4.43 Å². The molecule has 2 aromatic rings. The molecule has 0 amide bonds. The van der Waals surface area contributed by atoms with E-state index in [-0.39, 0.29) is 21.6 Å². The number of hydrogen-bond acceptors (Lipinski definition) is 5. The monoisotopic (exact) mass is 553 g/mol. The summed E-state index contributed by atoms with van der Waals surface area (Å²) >= 11 is 0. The zero-order chi connectivity index (χ0) is 28.1. The van der Waals surface area contributed by atoms with Gasteiger partial charge in [-0.3, -0.25) is 4.28 Å². The smallest absolute Gasteiger partial charge is 0.413 e. The highest BCUT2D eigenvalue weighted by atomic mass is 32.2. The van der Waals surface area contributed by atoms with Gasteiger partial charge in [0.2, 0.25) is 0 Å². The van der Waals surface area contributed by atoms with Gasteiger partial charge in [-0.2, -0.15) is 21.6 Å². The number of aryl methyl sites for hydroxylation is 1. The van der Waals surface area contributed by atoms with E-state index in [1.165, 1.54) is 48.5 Å². The summed E-state index contributed by atoms with van der Waals surface area (Å²) in [5, 5.41) is 3.04. The van der Waals surface area contributed by atoms with Crippen molar-refractivity contribution in [2.45, 2.75) is 82.8 Å². The molecule has 0 aliphatic rings. The highest BCUT2D eigenvalue weighted by molar-refractivity contribution is 7.86. The van der Waals surface area contributed by atoms with Crippen LogP contribution in [0.1, 0.15) is 57.2 Å². The molecule has 0 unspecified atom stereocenters. The van der Waals surface area contributed by atoms with Crippen LogP contribution in [0.2, 0.25) is 18.1 Å². The molecule has 0 spiro atoms. The fourth-order valence-electron chi connectivity index (χ4n) is 2.94. The molecule has 10 heteroatoms. The summed E-state index contributed by atoms with van der Waals surface area (Å²) in [5.74, 6) is 6.02. The fraction of sp³-hybridized carbons (Fsp3) is 0.444. The maximum Gasteiger partial charge on any atom is 0.437 e. The van der Waals surface area contributed by atoms with Gasteiger partial charge in [-0.05, 0) is 55.7 Å². The molecule has 0 aliphatic heterocycles. The van der Waals surface area contributed by atoms with Crippen molar-refractivity contribution in [3.05, 3.63) is 65.2 Å². The molecule has 0 saturated heterocycles. The van der Waals surface area contributed by atoms with E-state index in [0.717, 1.165) is 12.0 Å². The normalized spacial score (nSPS) is 14.1. The highest BCUT2D eigenvalue weighted by Gasteiger charge is 2.39. The van der Waals surface area contributed by atoms with Crippen LogP contribution < -0.4 is 0 Å². The van der Waals surface area contributed by atoms with Crippen LogP contribution in [0, 0.1) is 18.8 Å². The molecular formula is C27H34F3NO4SSi. The largest absolute Gasteiger partial charge is 0.437 e. The highest BCUT2D eigenvalue weighted by Crippen LogP contribution is 2.38. The number of rotatable bonds is 8. The van der Waals surface area contributed by atoms with Crippen molar-refractivity contribution < 1.29 is 30.3 Å². The molecule has 0 bridgehead atoms. The van der Waals surface area contributed by atoms with Crippen LogP contribution in [0.5, 0.6) is 0 Å². The predicted molar refractivity (Wildman–Crippen MR) is 142 cm³/mol. The average Bonchev–Trinajstić information content (AvgIpc) is 2.78. The first-order valence-corrected chi connectivity index (χ1v) is 16.2. The molecule has 202 valence electrons. The van der Waals surface area contributed by atoms with Crippen LogP contribution in [-0.2, 0) is 18.8 Å². The predicted octanol–water partition coefficient (Wildman–Crippen LogP) is 7.21. The Balaban J connectivity index is 2.19. The second kappa shape index (κ2) is 11.8. The van der Waals surface area contributed by atoms with Gasteiger partial charge in [0.25, 0.3) is 0 Å². The molecule has 2 aromatic carbocycles. The molecule has 0 N–H and O–H groups in total.